The first-order valence-electron chi connectivity index (χ1n) is 10.6. The maximum absolute atomic E-state index is 10.0. The summed E-state index contributed by atoms with van der Waals surface area (Å²) in [5, 5.41) is 13.7. The number of rotatable bonds is 2. The average Bonchev–Trinajstić information content (AvgIpc) is 2.67. The predicted molar refractivity (Wildman–Crippen MR) is 110 cm³/mol. The summed E-state index contributed by atoms with van der Waals surface area (Å²) in [7, 11) is 0. The molecule has 3 fully saturated rings. The molecule has 157 valence electrons. The summed E-state index contributed by atoms with van der Waals surface area (Å²) in [6, 6.07) is 13.1. The van der Waals surface area contributed by atoms with Gasteiger partial charge in [0.2, 0.25) is 0 Å². The second kappa shape index (κ2) is 11.3. The molecule has 2 saturated carbocycles. The van der Waals surface area contributed by atoms with E-state index in [4.69, 9.17) is 10.4 Å². The number of benzene rings is 1. The van der Waals surface area contributed by atoms with Gasteiger partial charge in [0.15, 0.2) is 5.78 Å². The van der Waals surface area contributed by atoms with E-state index in [1.165, 1.54) is 76.9 Å². The SMILES string of the molecule is CC(=O)/C=C(/C)O.[Ir].[c-]1ccccc1C1[N-]C2CCCCC2C2CCCCC12. The summed E-state index contributed by atoms with van der Waals surface area (Å²) < 4.78 is 0. The molecule has 0 spiro atoms. The maximum Gasteiger partial charge on any atom is 0.155 e. The third kappa shape index (κ3) is 6.02. The number of carbonyl (C=O) groups excluding carboxylic acids is 1. The van der Waals surface area contributed by atoms with Crippen LogP contribution in [0.1, 0.15) is 76.8 Å². The number of hydrogen-bond donors (Lipinski definition) is 1. The molecule has 4 heteroatoms. The van der Waals surface area contributed by atoms with Crippen molar-refractivity contribution in [3.63, 3.8) is 0 Å². The molecule has 5 atom stereocenters. The van der Waals surface area contributed by atoms with Crippen LogP contribution in [-0.4, -0.2) is 16.9 Å². The van der Waals surface area contributed by atoms with E-state index in [2.05, 4.69) is 30.3 Å². The van der Waals surface area contributed by atoms with Crippen molar-refractivity contribution in [2.75, 3.05) is 0 Å². The molecule has 5 unspecified atom stereocenters. The molecule has 1 heterocycles. The zero-order valence-corrected chi connectivity index (χ0v) is 19.5. The first-order chi connectivity index (χ1) is 13.1. The summed E-state index contributed by atoms with van der Waals surface area (Å²) in [6.45, 7) is 2.85. The monoisotopic (exact) mass is 560 g/mol. The molecular formula is C24H33IrNO2-2. The van der Waals surface area contributed by atoms with Crippen LogP contribution in [0.25, 0.3) is 5.32 Å². The average molecular weight is 560 g/mol. The summed E-state index contributed by atoms with van der Waals surface area (Å²) in [4.78, 5) is 10.0. The number of ketones is 1. The van der Waals surface area contributed by atoms with E-state index in [1.807, 2.05) is 0 Å². The van der Waals surface area contributed by atoms with Crippen molar-refractivity contribution in [2.24, 2.45) is 17.8 Å². The van der Waals surface area contributed by atoms with Crippen molar-refractivity contribution < 1.29 is 30.0 Å². The number of allylic oxidation sites excluding steroid dienone is 2. The van der Waals surface area contributed by atoms with Crippen molar-refractivity contribution in [2.45, 2.75) is 77.3 Å². The van der Waals surface area contributed by atoms with Gasteiger partial charge in [-0.05, 0) is 19.8 Å². The summed E-state index contributed by atoms with van der Waals surface area (Å²) >= 11 is 0. The van der Waals surface area contributed by atoms with Crippen molar-refractivity contribution in [3.8, 4) is 0 Å². The van der Waals surface area contributed by atoms with Gasteiger partial charge in [-0.15, -0.1) is 12.1 Å². The Morgan fingerprint density at radius 1 is 1.04 bits per heavy atom. The van der Waals surface area contributed by atoms with Crippen LogP contribution in [0, 0.1) is 23.8 Å². The minimum absolute atomic E-state index is 0. The number of fused-ring (bicyclic) bond motifs is 3. The third-order valence-corrected chi connectivity index (χ3v) is 6.43. The molecule has 28 heavy (non-hydrogen) atoms. The molecule has 0 amide bonds. The Labute approximate surface area is 183 Å². The molecular weight excluding hydrogens is 526 g/mol. The van der Waals surface area contributed by atoms with Gasteiger partial charge in [-0.3, -0.25) is 4.79 Å². The first-order valence-corrected chi connectivity index (χ1v) is 10.6. The molecule has 0 bridgehead atoms. The smallest absolute Gasteiger partial charge is 0.155 e. The van der Waals surface area contributed by atoms with Gasteiger partial charge < -0.3 is 10.4 Å². The number of aliphatic hydroxyl groups excluding tert-OH is 1. The Morgan fingerprint density at radius 3 is 2.25 bits per heavy atom. The number of aliphatic hydroxyl groups is 1. The van der Waals surface area contributed by atoms with E-state index >= 15 is 0 Å². The Kier molecular flexibility index (Phi) is 9.40. The molecule has 1 saturated heterocycles. The molecule has 1 radical (unpaired) electrons. The van der Waals surface area contributed by atoms with E-state index in [0.29, 0.717) is 12.1 Å². The minimum Gasteiger partial charge on any atom is -0.654 e. The van der Waals surface area contributed by atoms with Gasteiger partial charge in [-0.2, -0.15) is 35.9 Å². The number of hydrogen-bond acceptors (Lipinski definition) is 2. The summed E-state index contributed by atoms with van der Waals surface area (Å²) in [5.74, 6) is 2.61. The topological polar surface area (TPSA) is 51.4 Å². The zero-order valence-electron chi connectivity index (χ0n) is 17.1. The Morgan fingerprint density at radius 2 is 1.68 bits per heavy atom. The normalized spacial score (nSPS) is 31.9. The van der Waals surface area contributed by atoms with Crippen LogP contribution >= 0.6 is 0 Å². The fourth-order valence-electron chi connectivity index (χ4n) is 5.45. The van der Waals surface area contributed by atoms with E-state index in [1.54, 1.807) is 0 Å². The van der Waals surface area contributed by atoms with Gasteiger partial charge in [0, 0.05) is 26.2 Å². The minimum atomic E-state index is -0.125. The number of piperidine rings is 1. The molecule has 0 aromatic heterocycles. The van der Waals surface area contributed by atoms with E-state index in [-0.39, 0.29) is 31.6 Å². The van der Waals surface area contributed by atoms with Crippen molar-refractivity contribution >= 4 is 5.78 Å². The van der Waals surface area contributed by atoms with Gasteiger partial charge in [0.1, 0.15) is 0 Å². The van der Waals surface area contributed by atoms with E-state index < -0.39 is 0 Å². The second-order valence-electron chi connectivity index (χ2n) is 8.44. The predicted octanol–water partition coefficient (Wildman–Crippen LogP) is 6.32. The van der Waals surface area contributed by atoms with Crippen LogP contribution in [0.15, 0.2) is 36.1 Å². The summed E-state index contributed by atoms with van der Waals surface area (Å²) in [6.07, 6.45) is 12.5. The number of nitrogens with zero attached hydrogens (tertiary/aromatic N) is 1. The summed E-state index contributed by atoms with van der Waals surface area (Å²) in [5.41, 5.74) is 1.36. The van der Waals surface area contributed by atoms with E-state index in [9.17, 15) is 4.79 Å². The van der Waals surface area contributed by atoms with Crippen LogP contribution in [0.4, 0.5) is 0 Å². The molecule has 2 aliphatic carbocycles. The Balaban J connectivity index is 0.000000306. The van der Waals surface area contributed by atoms with Crippen LogP contribution < -0.4 is 0 Å². The Hall–Kier alpha value is -0.961. The molecule has 1 N–H and O–H groups in total. The van der Waals surface area contributed by atoms with Crippen molar-refractivity contribution in [1.29, 1.82) is 0 Å². The van der Waals surface area contributed by atoms with Gasteiger partial charge >= 0.3 is 0 Å². The second-order valence-corrected chi connectivity index (χ2v) is 8.44. The van der Waals surface area contributed by atoms with Gasteiger partial charge in [-0.25, -0.2) is 0 Å². The van der Waals surface area contributed by atoms with Gasteiger partial charge in [-0.1, -0.05) is 63.2 Å². The van der Waals surface area contributed by atoms with E-state index in [0.717, 1.165) is 17.8 Å². The van der Waals surface area contributed by atoms with Crippen molar-refractivity contribution in [1.82, 2.24) is 0 Å². The van der Waals surface area contributed by atoms with Crippen LogP contribution in [0.2, 0.25) is 0 Å². The fourth-order valence-corrected chi connectivity index (χ4v) is 5.45. The molecule has 3 aliphatic rings. The zero-order chi connectivity index (χ0) is 19.2. The molecule has 1 aromatic carbocycles. The van der Waals surface area contributed by atoms with Gasteiger partial charge in [0.25, 0.3) is 0 Å². The molecule has 1 aliphatic heterocycles. The third-order valence-electron chi connectivity index (χ3n) is 6.43. The molecule has 3 nitrogen and oxygen atoms in total. The van der Waals surface area contributed by atoms with Crippen LogP contribution in [0.3, 0.4) is 0 Å². The molecule has 1 aromatic rings. The largest absolute Gasteiger partial charge is 0.654 e. The number of carbonyl (C=O) groups is 1. The standard InChI is InChI=1S/C19H25N.C5H8O2.Ir/c1-2-8-14(9-3-1)19-17-12-5-4-10-15(17)16-11-6-7-13-18(16)20-19;1-4(6)3-5(2)7;/h1-3,8,15-19H,4-7,10-13H2;3,6H,1-2H3;/q-2;;/b;4-3-;. The quantitative estimate of drug-likeness (QED) is 0.262. The van der Waals surface area contributed by atoms with Crippen LogP contribution in [0.5, 0.6) is 0 Å². The van der Waals surface area contributed by atoms with Crippen molar-refractivity contribution in [3.05, 3.63) is 53.0 Å². The first kappa shape index (κ1) is 23.3. The maximum atomic E-state index is 10.0. The van der Waals surface area contributed by atoms with Crippen LogP contribution in [-0.2, 0) is 24.9 Å². The molecule has 4 rings (SSSR count). The fraction of sp³-hybridized carbons (Fsp3) is 0.625. The Bertz CT molecular complexity index is 641. The van der Waals surface area contributed by atoms with Gasteiger partial charge in [0.05, 0.1) is 5.76 Å².